The van der Waals surface area contributed by atoms with Crippen LogP contribution in [0.25, 0.3) is 10.8 Å². The molecule has 0 saturated heterocycles. The molecule has 0 bridgehead atoms. The summed E-state index contributed by atoms with van der Waals surface area (Å²) in [6.07, 6.45) is 2.63. The number of benzene rings is 2. The van der Waals surface area contributed by atoms with E-state index < -0.39 is 0 Å². The van der Waals surface area contributed by atoms with Crippen molar-refractivity contribution in [2.24, 2.45) is 0 Å². The van der Waals surface area contributed by atoms with E-state index in [1.54, 1.807) is 0 Å². The summed E-state index contributed by atoms with van der Waals surface area (Å²) in [5, 5.41) is 4.33. The van der Waals surface area contributed by atoms with E-state index in [0.29, 0.717) is 0 Å². The van der Waals surface area contributed by atoms with Crippen LogP contribution in [0.4, 0.5) is 0 Å². The van der Waals surface area contributed by atoms with Crippen molar-refractivity contribution < 1.29 is 0 Å². The zero-order chi connectivity index (χ0) is 11.4. The number of rotatable bonds is 4. The molecule has 0 aliphatic rings. The second-order valence-electron chi connectivity index (χ2n) is 4.36. The topological polar surface area (TPSA) is 0 Å². The summed E-state index contributed by atoms with van der Waals surface area (Å²) >= 11 is 0. The molecular formula is C15H19P. The zero-order valence-electron chi connectivity index (χ0n) is 10.0. The van der Waals surface area contributed by atoms with Gasteiger partial charge in [-0.25, -0.2) is 0 Å². The van der Waals surface area contributed by atoms with E-state index >= 15 is 0 Å². The van der Waals surface area contributed by atoms with E-state index in [9.17, 15) is 0 Å². The molecule has 16 heavy (non-hydrogen) atoms. The van der Waals surface area contributed by atoms with Crippen molar-refractivity contribution in [3.8, 4) is 0 Å². The molecule has 2 rings (SSSR count). The van der Waals surface area contributed by atoms with Gasteiger partial charge in [0.1, 0.15) is 0 Å². The third-order valence-electron chi connectivity index (χ3n) is 2.91. The van der Waals surface area contributed by atoms with Gasteiger partial charge in [0.05, 0.1) is 0 Å². The van der Waals surface area contributed by atoms with Gasteiger partial charge in [-0.2, -0.15) is 0 Å². The van der Waals surface area contributed by atoms with Crippen LogP contribution < -0.4 is 5.30 Å². The maximum Gasteiger partial charge on any atom is -0.0110 e. The van der Waals surface area contributed by atoms with Crippen molar-refractivity contribution in [3.05, 3.63) is 42.5 Å². The monoisotopic (exact) mass is 230 g/mol. The van der Waals surface area contributed by atoms with Gasteiger partial charge in [-0.05, 0) is 28.2 Å². The molecule has 0 saturated carbocycles. The number of hydrogen-bond acceptors (Lipinski definition) is 0. The summed E-state index contributed by atoms with van der Waals surface area (Å²) in [6, 6.07) is 15.4. The molecule has 2 aromatic carbocycles. The van der Waals surface area contributed by atoms with E-state index in [2.05, 4.69) is 56.3 Å². The van der Waals surface area contributed by atoms with Gasteiger partial charge in [-0.1, -0.05) is 71.3 Å². The smallest absolute Gasteiger partial charge is 0.0110 e. The first-order chi connectivity index (χ1) is 7.81. The molecule has 84 valence electrons. The quantitative estimate of drug-likeness (QED) is 0.686. The zero-order valence-corrected chi connectivity index (χ0v) is 11.0. The Balaban J connectivity index is 2.30. The first-order valence-corrected chi connectivity index (χ1v) is 7.13. The third kappa shape index (κ3) is 2.62. The Morgan fingerprint density at radius 3 is 2.62 bits per heavy atom. The molecule has 0 aromatic heterocycles. The van der Waals surface area contributed by atoms with Crippen LogP contribution in [0.5, 0.6) is 0 Å². The number of hydrogen-bond donors (Lipinski definition) is 0. The Morgan fingerprint density at radius 2 is 1.81 bits per heavy atom. The molecule has 0 amide bonds. The molecule has 0 radical (unpaired) electrons. The molecular weight excluding hydrogens is 211 g/mol. The maximum atomic E-state index is 2.36. The molecule has 0 aliphatic heterocycles. The van der Waals surface area contributed by atoms with Crippen LogP contribution in [0.15, 0.2) is 42.5 Å². The SMILES string of the molecule is CCCC(C)Pc1cccc2ccccc12. The third-order valence-corrected chi connectivity index (χ3v) is 4.44. The lowest BCUT2D eigenvalue weighted by Crippen LogP contribution is -2.03. The van der Waals surface area contributed by atoms with Crippen LogP contribution in [0, 0.1) is 0 Å². The predicted molar refractivity (Wildman–Crippen MR) is 76.3 cm³/mol. The van der Waals surface area contributed by atoms with Gasteiger partial charge in [-0.15, -0.1) is 0 Å². The number of fused-ring (bicyclic) bond motifs is 1. The van der Waals surface area contributed by atoms with Gasteiger partial charge in [0.25, 0.3) is 0 Å². The fourth-order valence-electron chi connectivity index (χ4n) is 2.12. The van der Waals surface area contributed by atoms with Gasteiger partial charge in [0.2, 0.25) is 0 Å². The summed E-state index contributed by atoms with van der Waals surface area (Å²) in [7, 11) is 0.939. The Kier molecular flexibility index (Phi) is 3.96. The fourth-order valence-corrected chi connectivity index (χ4v) is 3.66. The standard InChI is InChI=1S/C15H19P/c1-3-7-12(2)16-15-11-6-9-13-8-4-5-10-14(13)15/h4-6,8-12,16H,3,7H2,1-2H3. The first kappa shape index (κ1) is 11.6. The van der Waals surface area contributed by atoms with E-state index in [1.807, 2.05) is 0 Å². The van der Waals surface area contributed by atoms with Crippen molar-refractivity contribution >= 4 is 24.7 Å². The largest absolute Gasteiger partial charge is 0.0868 e. The molecule has 0 aliphatic carbocycles. The average molecular weight is 230 g/mol. The van der Waals surface area contributed by atoms with Crippen LogP contribution in [-0.2, 0) is 0 Å². The molecule has 0 spiro atoms. The van der Waals surface area contributed by atoms with Gasteiger partial charge in [-0.3, -0.25) is 0 Å². The van der Waals surface area contributed by atoms with Crippen LogP contribution in [0.1, 0.15) is 26.7 Å². The summed E-state index contributed by atoms with van der Waals surface area (Å²) in [5.41, 5.74) is 0.816. The Hall–Kier alpha value is -0.870. The summed E-state index contributed by atoms with van der Waals surface area (Å²) in [4.78, 5) is 0. The maximum absolute atomic E-state index is 2.36. The van der Waals surface area contributed by atoms with Crippen molar-refractivity contribution in [1.82, 2.24) is 0 Å². The van der Waals surface area contributed by atoms with Gasteiger partial charge < -0.3 is 0 Å². The molecule has 0 N–H and O–H groups in total. The lowest BCUT2D eigenvalue weighted by molar-refractivity contribution is 0.785. The Bertz CT molecular complexity index is 456. The summed E-state index contributed by atoms with van der Waals surface area (Å²) < 4.78 is 0. The minimum absolute atomic E-state index is 0.816. The van der Waals surface area contributed by atoms with Crippen LogP contribution in [-0.4, -0.2) is 5.66 Å². The van der Waals surface area contributed by atoms with Crippen LogP contribution in [0.3, 0.4) is 0 Å². The second-order valence-corrected chi connectivity index (χ2v) is 6.17. The highest BCUT2D eigenvalue weighted by Gasteiger charge is 2.05. The van der Waals surface area contributed by atoms with Gasteiger partial charge >= 0.3 is 0 Å². The highest BCUT2D eigenvalue weighted by molar-refractivity contribution is 7.48. The highest BCUT2D eigenvalue weighted by Crippen LogP contribution is 2.26. The van der Waals surface area contributed by atoms with Crippen molar-refractivity contribution in [1.29, 1.82) is 0 Å². The van der Waals surface area contributed by atoms with Crippen LogP contribution in [0.2, 0.25) is 0 Å². The van der Waals surface area contributed by atoms with E-state index in [0.717, 1.165) is 14.2 Å². The predicted octanol–water partition coefficient (Wildman–Crippen LogP) is 4.33. The molecule has 1 heteroatoms. The van der Waals surface area contributed by atoms with E-state index in [4.69, 9.17) is 0 Å². The molecule has 0 heterocycles. The molecule has 0 nitrogen and oxygen atoms in total. The minimum Gasteiger partial charge on any atom is -0.0868 e. The first-order valence-electron chi connectivity index (χ1n) is 6.05. The van der Waals surface area contributed by atoms with E-state index in [1.165, 1.54) is 28.9 Å². The second kappa shape index (κ2) is 5.46. The van der Waals surface area contributed by atoms with E-state index in [-0.39, 0.29) is 0 Å². The normalized spacial score (nSPS) is 13.6. The van der Waals surface area contributed by atoms with Crippen LogP contribution >= 0.6 is 8.58 Å². The lowest BCUT2D eigenvalue weighted by atomic mass is 10.1. The molecule has 2 aromatic rings. The summed E-state index contributed by atoms with van der Waals surface area (Å²) in [6.45, 7) is 4.63. The highest BCUT2D eigenvalue weighted by atomic mass is 31.1. The average Bonchev–Trinajstić information content (AvgIpc) is 2.30. The van der Waals surface area contributed by atoms with Crippen molar-refractivity contribution in [2.75, 3.05) is 0 Å². The molecule has 2 unspecified atom stereocenters. The van der Waals surface area contributed by atoms with Crippen molar-refractivity contribution in [3.63, 3.8) is 0 Å². The summed E-state index contributed by atoms with van der Waals surface area (Å²) in [5.74, 6) is 0. The Morgan fingerprint density at radius 1 is 1.06 bits per heavy atom. The van der Waals surface area contributed by atoms with Gasteiger partial charge in [0, 0.05) is 0 Å². The lowest BCUT2D eigenvalue weighted by Gasteiger charge is -2.12. The van der Waals surface area contributed by atoms with Gasteiger partial charge in [0.15, 0.2) is 0 Å². The minimum atomic E-state index is 0.816. The Labute approximate surface area is 99.9 Å². The van der Waals surface area contributed by atoms with Crippen molar-refractivity contribution in [2.45, 2.75) is 32.3 Å². The molecule has 0 fully saturated rings. The molecule has 2 atom stereocenters. The fraction of sp³-hybridized carbons (Fsp3) is 0.333.